The number of aromatic nitrogens is 2. The molecule has 0 saturated carbocycles. The van der Waals surface area contributed by atoms with Crippen molar-refractivity contribution in [3.8, 4) is 28.4 Å². The van der Waals surface area contributed by atoms with E-state index >= 15 is 0 Å². The molecule has 0 amide bonds. The third-order valence-corrected chi connectivity index (χ3v) is 6.26. The van der Waals surface area contributed by atoms with Gasteiger partial charge < -0.3 is 9.84 Å². The second-order valence-electron chi connectivity index (χ2n) is 6.91. The summed E-state index contributed by atoms with van der Waals surface area (Å²) in [5.74, 6) is -0.0857. The molecular weight excluding hydrogens is 414 g/mol. The lowest BCUT2D eigenvalue weighted by atomic mass is 10.1. The van der Waals surface area contributed by atoms with E-state index < -0.39 is 10.0 Å². The zero-order valence-corrected chi connectivity index (χ0v) is 17.8. The van der Waals surface area contributed by atoms with Gasteiger partial charge in [-0.25, -0.2) is 13.1 Å². The number of nitrogens with zero attached hydrogens (tertiary/aromatic N) is 2. The summed E-state index contributed by atoms with van der Waals surface area (Å²) in [6.07, 6.45) is 1.60. The monoisotopic (exact) mass is 435 g/mol. The van der Waals surface area contributed by atoms with Crippen molar-refractivity contribution >= 4 is 15.7 Å². The van der Waals surface area contributed by atoms with Crippen molar-refractivity contribution in [1.82, 2.24) is 9.78 Å². The highest BCUT2D eigenvalue weighted by molar-refractivity contribution is 7.92. The lowest BCUT2D eigenvalue weighted by molar-refractivity contribution is 0.396. The first-order valence-corrected chi connectivity index (χ1v) is 11.0. The molecule has 0 aliphatic heterocycles. The van der Waals surface area contributed by atoms with Crippen LogP contribution in [0.2, 0.25) is 0 Å². The van der Waals surface area contributed by atoms with Gasteiger partial charge in [0.2, 0.25) is 0 Å². The number of methoxy groups -OCH3 is 1. The van der Waals surface area contributed by atoms with Gasteiger partial charge in [-0.3, -0.25) is 4.72 Å². The maximum atomic E-state index is 13.1. The quantitative estimate of drug-likeness (QED) is 0.469. The lowest BCUT2D eigenvalue weighted by Crippen LogP contribution is -2.14. The maximum Gasteiger partial charge on any atom is 0.265 e. The van der Waals surface area contributed by atoms with Gasteiger partial charge in [0.15, 0.2) is 0 Å². The number of sulfonamides is 1. The number of ether oxygens (including phenoxy) is 1. The molecule has 0 aliphatic rings. The predicted octanol–water partition coefficient (Wildman–Crippen LogP) is 4.36. The number of anilines is 1. The van der Waals surface area contributed by atoms with Crippen LogP contribution in [-0.4, -0.2) is 30.4 Å². The van der Waals surface area contributed by atoms with Gasteiger partial charge in [-0.1, -0.05) is 36.4 Å². The van der Waals surface area contributed by atoms with Gasteiger partial charge in [0.25, 0.3) is 10.0 Å². The molecule has 0 unspecified atom stereocenters. The molecule has 0 radical (unpaired) electrons. The highest BCUT2D eigenvalue weighted by Crippen LogP contribution is 2.38. The average Bonchev–Trinajstić information content (AvgIpc) is 3.23. The van der Waals surface area contributed by atoms with E-state index in [0.717, 1.165) is 11.3 Å². The van der Waals surface area contributed by atoms with Crippen LogP contribution in [0.25, 0.3) is 16.9 Å². The maximum absolute atomic E-state index is 13.1. The van der Waals surface area contributed by atoms with Crippen molar-refractivity contribution in [2.45, 2.75) is 11.8 Å². The summed E-state index contributed by atoms with van der Waals surface area (Å²) in [4.78, 5) is -0.0933. The van der Waals surface area contributed by atoms with Crippen LogP contribution in [0.1, 0.15) is 5.56 Å². The first-order chi connectivity index (χ1) is 14.9. The largest absolute Gasteiger partial charge is 0.507 e. The Morgan fingerprint density at radius 1 is 1.00 bits per heavy atom. The molecule has 31 heavy (non-hydrogen) atoms. The number of nitrogens with one attached hydrogen (secondary N) is 1. The van der Waals surface area contributed by atoms with Gasteiger partial charge in [0.05, 0.1) is 24.7 Å². The number of hydrogen-bond donors (Lipinski definition) is 2. The normalized spacial score (nSPS) is 11.3. The topological polar surface area (TPSA) is 93.4 Å². The smallest absolute Gasteiger partial charge is 0.265 e. The van der Waals surface area contributed by atoms with E-state index in [-0.39, 0.29) is 16.4 Å². The van der Waals surface area contributed by atoms with Crippen LogP contribution >= 0.6 is 0 Å². The Kier molecular flexibility index (Phi) is 5.39. The van der Waals surface area contributed by atoms with Crippen molar-refractivity contribution in [3.05, 3.63) is 84.6 Å². The number of phenolic OH excluding ortho intramolecular Hbond substituents is 1. The summed E-state index contributed by atoms with van der Waals surface area (Å²) < 4.78 is 35.7. The summed E-state index contributed by atoms with van der Waals surface area (Å²) in [5.41, 5.74) is 3.09. The number of aryl methyl sites for hydroxylation is 1. The molecule has 0 aliphatic carbocycles. The average molecular weight is 436 g/mol. The number of benzene rings is 3. The molecule has 8 heteroatoms. The van der Waals surface area contributed by atoms with E-state index in [1.165, 1.54) is 19.2 Å². The minimum absolute atomic E-state index is 0.0339. The van der Waals surface area contributed by atoms with Crippen molar-refractivity contribution in [2.75, 3.05) is 11.8 Å². The van der Waals surface area contributed by atoms with Crippen LogP contribution in [0.4, 0.5) is 5.69 Å². The van der Waals surface area contributed by atoms with Gasteiger partial charge >= 0.3 is 0 Å². The fourth-order valence-electron chi connectivity index (χ4n) is 3.34. The van der Waals surface area contributed by atoms with Crippen LogP contribution in [0.5, 0.6) is 11.5 Å². The van der Waals surface area contributed by atoms with E-state index in [9.17, 15) is 13.5 Å². The third-order valence-electron chi connectivity index (χ3n) is 4.86. The SMILES string of the molecule is COc1cc(O)c(-c2ccnn2-c2ccccc2C)cc1S(=O)(=O)Nc1ccccc1. The molecule has 4 aromatic rings. The zero-order chi connectivity index (χ0) is 22.0. The molecule has 7 nitrogen and oxygen atoms in total. The molecule has 0 bridgehead atoms. The fraction of sp³-hybridized carbons (Fsp3) is 0.0870. The Hall–Kier alpha value is -3.78. The molecule has 158 valence electrons. The molecule has 4 rings (SSSR count). The molecule has 1 aromatic heterocycles. The third kappa shape index (κ3) is 3.97. The van der Waals surface area contributed by atoms with Gasteiger partial charge in [0.1, 0.15) is 16.4 Å². The Morgan fingerprint density at radius 3 is 2.42 bits per heavy atom. The second kappa shape index (κ2) is 8.16. The minimum atomic E-state index is -3.99. The van der Waals surface area contributed by atoms with E-state index in [1.54, 1.807) is 47.3 Å². The Balaban J connectivity index is 1.86. The van der Waals surface area contributed by atoms with Crippen LogP contribution < -0.4 is 9.46 Å². The number of rotatable bonds is 6. The lowest BCUT2D eigenvalue weighted by Gasteiger charge is -2.16. The molecular formula is C23H21N3O4S. The van der Waals surface area contributed by atoms with Crippen LogP contribution in [0.15, 0.2) is 83.9 Å². The first kappa shape index (κ1) is 20.5. The summed E-state index contributed by atoms with van der Waals surface area (Å²) in [6, 6.07) is 20.6. The Labute approximate surface area is 180 Å². The van der Waals surface area contributed by atoms with Gasteiger partial charge in [-0.2, -0.15) is 5.10 Å². The van der Waals surface area contributed by atoms with Crippen molar-refractivity contribution < 1.29 is 18.3 Å². The van der Waals surface area contributed by atoms with Gasteiger partial charge in [0, 0.05) is 17.3 Å². The number of phenols is 1. The van der Waals surface area contributed by atoms with Gasteiger partial charge in [-0.05, 0) is 42.8 Å². The van der Waals surface area contributed by atoms with E-state index in [4.69, 9.17) is 4.74 Å². The zero-order valence-electron chi connectivity index (χ0n) is 17.0. The molecule has 0 fully saturated rings. The molecule has 0 spiro atoms. The van der Waals surface area contributed by atoms with Crippen molar-refractivity contribution in [3.63, 3.8) is 0 Å². The van der Waals surface area contributed by atoms with Crippen LogP contribution in [-0.2, 0) is 10.0 Å². The van der Waals surface area contributed by atoms with Crippen LogP contribution in [0, 0.1) is 6.92 Å². The Morgan fingerprint density at radius 2 is 1.71 bits per heavy atom. The molecule has 3 aromatic carbocycles. The number of hydrogen-bond acceptors (Lipinski definition) is 5. The van der Waals surface area contributed by atoms with Crippen molar-refractivity contribution in [1.29, 1.82) is 0 Å². The summed E-state index contributed by atoms with van der Waals surface area (Å²) >= 11 is 0. The number of aromatic hydroxyl groups is 1. The van der Waals surface area contributed by atoms with Crippen molar-refractivity contribution in [2.24, 2.45) is 0 Å². The molecule has 1 heterocycles. The highest BCUT2D eigenvalue weighted by atomic mass is 32.2. The van der Waals surface area contributed by atoms with Crippen LogP contribution in [0.3, 0.4) is 0 Å². The highest BCUT2D eigenvalue weighted by Gasteiger charge is 2.24. The molecule has 2 N–H and O–H groups in total. The molecule has 0 atom stereocenters. The van der Waals surface area contributed by atoms with E-state index in [2.05, 4.69) is 9.82 Å². The first-order valence-electron chi connectivity index (χ1n) is 9.50. The fourth-order valence-corrected chi connectivity index (χ4v) is 4.58. The summed E-state index contributed by atoms with van der Waals surface area (Å²) in [5, 5.41) is 15.1. The van der Waals surface area contributed by atoms with E-state index in [0.29, 0.717) is 16.9 Å². The minimum Gasteiger partial charge on any atom is -0.507 e. The predicted molar refractivity (Wildman–Crippen MR) is 119 cm³/mol. The summed E-state index contributed by atoms with van der Waals surface area (Å²) in [6.45, 7) is 1.95. The molecule has 0 saturated heterocycles. The van der Waals surface area contributed by atoms with E-state index in [1.807, 2.05) is 31.2 Å². The number of para-hydroxylation sites is 2. The summed E-state index contributed by atoms with van der Waals surface area (Å²) in [7, 11) is -2.63. The Bertz CT molecular complexity index is 1330. The van der Waals surface area contributed by atoms with Gasteiger partial charge in [-0.15, -0.1) is 0 Å². The second-order valence-corrected chi connectivity index (χ2v) is 8.56. The standard InChI is InChI=1S/C23H21N3O4S/c1-16-8-6-7-11-19(16)26-20(12-13-24-26)18-14-23(22(30-2)15-21(18)27)31(28,29)25-17-9-4-3-5-10-17/h3-15,25,27H,1-2H3.